The lowest BCUT2D eigenvalue weighted by molar-refractivity contribution is 0.0929. The van der Waals surface area contributed by atoms with Crippen LogP contribution in [0.25, 0.3) is 0 Å². The third-order valence-electron chi connectivity index (χ3n) is 8.38. The highest BCUT2D eigenvalue weighted by molar-refractivity contribution is 5.96. The van der Waals surface area contributed by atoms with Gasteiger partial charge in [0.25, 0.3) is 11.8 Å². The molecule has 3 aromatic rings. The first kappa shape index (κ1) is 27.5. The Kier molecular flexibility index (Phi) is 8.24. The first-order valence-corrected chi connectivity index (χ1v) is 14.0. The van der Waals surface area contributed by atoms with Crippen molar-refractivity contribution in [2.75, 3.05) is 25.7 Å². The van der Waals surface area contributed by atoms with E-state index in [2.05, 4.69) is 15.5 Å². The summed E-state index contributed by atoms with van der Waals surface area (Å²) < 4.78 is 10.6. The Morgan fingerprint density at radius 3 is 2.50 bits per heavy atom. The number of hydrogen-bond acceptors (Lipinski definition) is 6. The molecule has 8 heteroatoms. The number of amides is 2. The number of piperidine rings is 1. The molecule has 3 unspecified atom stereocenters. The van der Waals surface area contributed by atoms with Crippen LogP contribution in [0.1, 0.15) is 70.5 Å². The van der Waals surface area contributed by atoms with E-state index in [1.165, 1.54) is 0 Å². The monoisotopic (exact) mass is 542 g/mol. The second-order valence-electron chi connectivity index (χ2n) is 10.8. The highest BCUT2D eigenvalue weighted by atomic mass is 16.5. The van der Waals surface area contributed by atoms with Crippen molar-refractivity contribution < 1.29 is 19.1 Å². The minimum absolute atomic E-state index is 0.0519. The molecule has 1 aliphatic heterocycles. The van der Waals surface area contributed by atoms with Gasteiger partial charge >= 0.3 is 0 Å². The summed E-state index contributed by atoms with van der Waals surface area (Å²) in [7, 11) is 3.25. The number of ether oxygens (including phenoxy) is 2. The lowest BCUT2D eigenvalue weighted by Crippen LogP contribution is -2.43. The molecule has 210 valence electrons. The van der Waals surface area contributed by atoms with Crippen molar-refractivity contribution in [1.29, 1.82) is 0 Å². The number of hydrogen-bond donors (Lipinski definition) is 2. The number of nitrogens with one attached hydrogen (secondary N) is 2. The number of carbonyl (C=O) groups excluding carboxylic acids is 2. The number of fused-ring (bicyclic) bond motifs is 1. The lowest BCUT2D eigenvalue weighted by Gasteiger charge is -2.38. The number of aromatic nitrogens is 1. The van der Waals surface area contributed by atoms with Crippen LogP contribution >= 0.6 is 0 Å². The van der Waals surface area contributed by atoms with Gasteiger partial charge < -0.3 is 25.0 Å². The van der Waals surface area contributed by atoms with Gasteiger partial charge in [0.2, 0.25) is 0 Å². The lowest BCUT2D eigenvalue weighted by atomic mass is 9.92. The molecule has 2 amide bonds. The number of methoxy groups -OCH3 is 2. The van der Waals surface area contributed by atoms with Gasteiger partial charge in [0.05, 0.1) is 25.8 Å². The summed E-state index contributed by atoms with van der Waals surface area (Å²) >= 11 is 0. The van der Waals surface area contributed by atoms with E-state index in [1.54, 1.807) is 20.4 Å². The summed E-state index contributed by atoms with van der Waals surface area (Å²) in [6, 6.07) is 17.3. The van der Waals surface area contributed by atoms with Crippen LogP contribution < -0.4 is 25.0 Å². The van der Waals surface area contributed by atoms with E-state index in [9.17, 15) is 9.59 Å². The molecule has 1 aliphatic carbocycles. The highest BCUT2D eigenvalue weighted by Gasteiger charge is 2.41. The van der Waals surface area contributed by atoms with Gasteiger partial charge in [-0.15, -0.1) is 0 Å². The van der Waals surface area contributed by atoms with Crippen LogP contribution in [0.4, 0.5) is 5.82 Å². The molecule has 1 aromatic heterocycles. The van der Waals surface area contributed by atoms with Gasteiger partial charge in [-0.25, -0.2) is 4.98 Å². The topological polar surface area (TPSA) is 92.8 Å². The van der Waals surface area contributed by atoms with E-state index in [-0.39, 0.29) is 23.9 Å². The fraction of sp³-hybridized carbons (Fsp3) is 0.406. The molecule has 2 N–H and O–H groups in total. The summed E-state index contributed by atoms with van der Waals surface area (Å²) in [6.45, 7) is 4.80. The Bertz CT molecular complexity index is 1340. The van der Waals surface area contributed by atoms with Crippen LogP contribution in [0, 0.1) is 12.8 Å². The molecule has 1 saturated carbocycles. The van der Waals surface area contributed by atoms with E-state index >= 15 is 0 Å². The van der Waals surface area contributed by atoms with Crippen LogP contribution in [0.2, 0.25) is 0 Å². The van der Waals surface area contributed by atoms with Crippen molar-refractivity contribution >= 4 is 17.6 Å². The molecule has 8 nitrogen and oxygen atoms in total. The Labute approximate surface area is 236 Å². The smallest absolute Gasteiger partial charge is 0.253 e. The number of pyridine rings is 1. The van der Waals surface area contributed by atoms with Crippen molar-refractivity contribution in [2.24, 2.45) is 5.92 Å². The van der Waals surface area contributed by atoms with Gasteiger partial charge in [-0.2, -0.15) is 0 Å². The van der Waals surface area contributed by atoms with Crippen molar-refractivity contribution in [1.82, 2.24) is 15.6 Å². The average molecular weight is 543 g/mol. The number of carbonyl (C=O) groups is 2. The largest absolute Gasteiger partial charge is 0.497 e. The first-order chi connectivity index (χ1) is 19.4. The van der Waals surface area contributed by atoms with E-state index in [0.717, 1.165) is 60.7 Å². The summed E-state index contributed by atoms with van der Waals surface area (Å²) in [6.07, 6.45) is 5.73. The number of rotatable bonds is 8. The van der Waals surface area contributed by atoms with E-state index < -0.39 is 0 Å². The highest BCUT2D eigenvalue weighted by Crippen LogP contribution is 2.39. The molecule has 0 spiro atoms. The first-order valence-electron chi connectivity index (χ1n) is 14.0. The summed E-state index contributed by atoms with van der Waals surface area (Å²) in [5, 5.41) is 6.33. The summed E-state index contributed by atoms with van der Waals surface area (Å²) in [4.78, 5) is 33.1. The molecule has 2 aliphatic rings. The van der Waals surface area contributed by atoms with Crippen LogP contribution in [-0.4, -0.2) is 49.6 Å². The zero-order valence-corrected chi connectivity index (χ0v) is 23.6. The predicted molar refractivity (Wildman–Crippen MR) is 155 cm³/mol. The normalized spacial score (nSPS) is 20.8. The van der Waals surface area contributed by atoms with Gasteiger partial charge in [-0.1, -0.05) is 18.2 Å². The van der Waals surface area contributed by atoms with E-state index in [1.807, 2.05) is 68.4 Å². The maximum absolute atomic E-state index is 13.1. The molecular formula is C32H38N4O4. The van der Waals surface area contributed by atoms with Gasteiger partial charge in [0.1, 0.15) is 17.3 Å². The molecular weight excluding hydrogens is 504 g/mol. The molecule has 2 heterocycles. The average Bonchev–Trinajstić information content (AvgIpc) is 3.39. The fourth-order valence-corrected chi connectivity index (χ4v) is 6.18. The van der Waals surface area contributed by atoms with Crippen LogP contribution in [0.15, 0.2) is 60.8 Å². The second kappa shape index (κ2) is 12.0. The summed E-state index contributed by atoms with van der Waals surface area (Å²) in [5.74, 6) is 2.67. The van der Waals surface area contributed by atoms with E-state index in [4.69, 9.17) is 14.5 Å². The maximum Gasteiger partial charge on any atom is 0.253 e. The molecule has 0 bridgehead atoms. The maximum atomic E-state index is 13.1. The van der Waals surface area contributed by atoms with Crippen LogP contribution in [0.3, 0.4) is 0 Å². The standard InChI is InChI=1S/C32H38N4O4/c1-20-27(8-5-9-29(20)40-4)32(38)35-25-17-23-7-6-16-36(28(23)18-25)30-15-12-24(19-33-30)31(37)34-21(2)22-10-13-26(39-3)14-11-22/h5,8-15,19,21,23,25,28H,6-7,16-18H2,1-4H3,(H,34,37)(H,35,38)/t21-,23?,25?,28?/m1/s1. The van der Waals surface area contributed by atoms with Crippen molar-refractivity contribution in [2.45, 2.75) is 57.7 Å². The molecule has 2 fully saturated rings. The van der Waals surface area contributed by atoms with Gasteiger partial charge in [-0.05, 0) is 87.4 Å². The van der Waals surface area contributed by atoms with Gasteiger partial charge in [0.15, 0.2) is 0 Å². The predicted octanol–water partition coefficient (Wildman–Crippen LogP) is 5.08. The quantitative estimate of drug-likeness (QED) is 0.413. The van der Waals surface area contributed by atoms with Gasteiger partial charge in [-0.3, -0.25) is 9.59 Å². The molecule has 4 atom stereocenters. The van der Waals surface area contributed by atoms with Gasteiger partial charge in [0, 0.05) is 36.0 Å². The Morgan fingerprint density at radius 2 is 1.80 bits per heavy atom. The van der Waals surface area contributed by atoms with Crippen molar-refractivity contribution in [3.05, 3.63) is 83.0 Å². The number of anilines is 1. The number of nitrogens with zero attached hydrogens (tertiary/aromatic N) is 2. The third kappa shape index (κ3) is 5.76. The molecule has 1 saturated heterocycles. The van der Waals surface area contributed by atoms with Crippen LogP contribution in [-0.2, 0) is 0 Å². The Balaban J connectivity index is 1.21. The fourth-order valence-electron chi connectivity index (χ4n) is 6.18. The number of benzene rings is 2. The third-order valence-corrected chi connectivity index (χ3v) is 8.38. The second-order valence-corrected chi connectivity index (χ2v) is 10.8. The molecule has 0 radical (unpaired) electrons. The minimum Gasteiger partial charge on any atom is -0.497 e. The molecule has 40 heavy (non-hydrogen) atoms. The zero-order chi connectivity index (χ0) is 28.2. The Morgan fingerprint density at radius 1 is 1.00 bits per heavy atom. The summed E-state index contributed by atoms with van der Waals surface area (Å²) in [5.41, 5.74) is 3.04. The van der Waals surface area contributed by atoms with Crippen molar-refractivity contribution in [3.8, 4) is 11.5 Å². The molecule has 2 aromatic carbocycles. The Hall–Kier alpha value is -4.07. The van der Waals surface area contributed by atoms with Crippen LogP contribution in [0.5, 0.6) is 11.5 Å². The minimum atomic E-state index is -0.157. The van der Waals surface area contributed by atoms with Crippen molar-refractivity contribution in [3.63, 3.8) is 0 Å². The van der Waals surface area contributed by atoms with E-state index in [0.29, 0.717) is 23.1 Å². The molecule has 5 rings (SSSR count). The zero-order valence-electron chi connectivity index (χ0n) is 23.6. The SMILES string of the molecule is COc1ccc([C@@H](C)NC(=O)c2ccc(N3CCCC4CC(NC(=O)c5cccc(OC)c5C)CC43)nc2)cc1.